The van der Waals surface area contributed by atoms with E-state index in [4.69, 9.17) is 19.8 Å². The molecule has 0 aliphatic carbocycles. The minimum atomic E-state index is 0. The topological polar surface area (TPSA) is 74.6 Å². The monoisotopic (exact) mass is 204 g/mol. The first-order valence-electron chi connectivity index (χ1n) is 0.855. The van der Waals surface area contributed by atoms with E-state index in [1.165, 1.54) is 0 Å². The summed E-state index contributed by atoms with van der Waals surface area (Å²) in [5, 5.41) is 13.5. The Morgan fingerprint density at radius 1 is 1.00 bits per heavy atom. The predicted octanol–water partition coefficient (Wildman–Crippen LogP) is -0.779. The predicted molar refractivity (Wildman–Crippen MR) is 16.6 cm³/mol. The number of hydrogen-bond acceptors (Lipinski definition) is 2. The SMILES string of the molecule is O=[C-]O.O=[C-]O.[Cd+2]. The van der Waals surface area contributed by atoms with E-state index in [1.807, 2.05) is 0 Å². The van der Waals surface area contributed by atoms with Crippen molar-refractivity contribution < 1.29 is 47.1 Å². The molecular formula is C2H2CdO4. The maximum atomic E-state index is 8.24. The second-order valence-electron chi connectivity index (χ2n) is 0.183. The molecule has 4 nitrogen and oxygen atoms in total. The summed E-state index contributed by atoms with van der Waals surface area (Å²) in [5.41, 5.74) is 0. The Morgan fingerprint density at radius 2 is 1.00 bits per heavy atom. The summed E-state index contributed by atoms with van der Waals surface area (Å²) in [6.07, 6.45) is 0. The normalized spacial score (nSPS) is 3.43. The van der Waals surface area contributed by atoms with Gasteiger partial charge in [-0.05, 0) is 0 Å². The van der Waals surface area contributed by atoms with E-state index in [2.05, 4.69) is 0 Å². The van der Waals surface area contributed by atoms with Crippen molar-refractivity contribution in [3.05, 3.63) is 0 Å². The molecule has 0 heterocycles. The molecule has 0 radical (unpaired) electrons. The first-order chi connectivity index (χ1) is 2.83. The van der Waals surface area contributed by atoms with Gasteiger partial charge in [0.2, 0.25) is 0 Å². The van der Waals surface area contributed by atoms with E-state index in [1.54, 1.807) is 0 Å². The number of rotatable bonds is 0. The maximum absolute atomic E-state index is 8.24. The van der Waals surface area contributed by atoms with Gasteiger partial charge < -0.3 is 19.8 Å². The first kappa shape index (κ1) is 15.8. The van der Waals surface area contributed by atoms with Gasteiger partial charge in [0.25, 0.3) is 0 Å². The molecule has 5 heteroatoms. The summed E-state index contributed by atoms with van der Waals surface area (Å²) >= 11 is 0. The van der Waals surface area contributed by atoms with Crippen molar-refractivity contribution in [3.63, 3.8) is 0 Å². The molecule has 0 amide bonds. The van der Waals surface area contributed by atoms with E-state index in [-0.39, 0.29) is 27.3 Å². The van der Waals surface area contributed by atoms with E-state index in [0.717, 1.165) is 0 Å². The largest absolute Gasteiger partial charge is 2.00 e. The number of aliphatic hydroxyl groups excluding tert-OH is 2. The first-order valence-corrected chi connectivity index (χ1v) is 0.855. The van der Waals surface area contributed by atoms with Crippen molar-refractivity contribution in [2.45, 2.75) is 0 Å². The van der Waals surface area contributed by atoms with Crippen LogP contribution >= 0.6 is 0 Å². The van der Waals surface area contributed by atoms with Crippen LogP contribution < -0.4 is 0 Å². The molecule has 0 aromatic heterocycles. The zero-order valence-corrected chi connectivity index (χ0v) is 7.45. The molecule has 0 aromatic rings. The van der Waals surface area contributed by atoms with Gasteiger partial charge in [0.1, 0.15) is 0 Å². The molecular weight excluding hydrogens is 200 g/mol. The Morgan fingerprint density at radius 3 is 1.00 bits per heavy atom. The van der Waals surface area contributed by atoms with Crippen molar-refractivity contribution >= 4 is 12.9 Å². The summed E-state index contributed by atoms with van der Waals surface area (Å²) in [7, 11) is 0. The molecule has 0 saturated carbocycles. The van der Waals surface area contributed by atoms with E-state index < -0.39 is 0 Å². The molecule has 0 aliphatic heterocycles. The van der Waals surface area contributed by atoms with E-state index >= 15 is 0 Å². The summed E-state index contributed by atoms with van der Waals surface area (Å²) in [5.74, 6) is 0. The molecule has 0 aromatic carbocycles. The molecule has 0 rings (SSSR count). The third-order valence-electron chi connectivity index (χ3n) is 0. The molecule has 0 unspecified atom stereocenters. The Bertz CT molecular complexity index is 30.7. The van der Waals surface area contributed by atoms with Gasteiger partial charge in [0.05, 0.1) is 0 Å². The van der Waals surface area contributed by atoms with Crippen LogP contribution in [0.4, 0.5) is 0 Å². The molecule has 0 fully saturated rings. The van der Waals surface area contributed by atoms with Crippen LogP contribution in [-0.2, 0) is 36.9 Å². The Balaban J connectivity index is -0.0000000400. The second-order valence-corrected chi connectivity index (χ2v) is 0.183. The molecule has 2 N–H and O–H groups in total. The fraction of sp³-hybridized carbons (Fsp3) is 0. The van der Waals surface area contributed by atoms with Crippen LogP contribution in [-0.4, -0.2) is 23.2 Å². The molecule has 36 valence electrons. The summed E-state index contributed by atoms with van der Waals surface area (Å²) in [6.45, 7) is 1.00. The van der Waals surface area contributed by atoms with Gasteiger partial charge in [-0.25, -0.2) is 0 Å². The van der Waals surface area contributed by atoms with Crippen molar-refractivity contribution in [1.82, 2.24) is 0 Å². The fourth-order valence-corrected chi connectivity index (χ4v) is 0. The van der Waals surface area contributed by atoms with Crippen molar-refractivity contribution in [2.75, 3.05) is 0 Å². The van der Waals surface area contributed by atoms with Crippen LogP contribution in [0, 0.1) is 0 Å². The quantitative estimate of drug-likeness (QED) is 0.399. The minimum Gasteiger partial charge on any atom is -0.665 e. The van der Waals surface area contributed by atoms with Gasteiger partial charge in [-0.3, -0.25) is 0 Å². The van der Waals surface area contributed by atoms with Crippen LogP contribution in [0.2, 0.25) is 0 Å². The zero-order valence-electron chi connectivity index (χ0n) is 3.42. The van der Waals surface area contributed by atoms with E-state index in [0.29, 0.717) is 12.9 Å². The second kappa shape index (κ2) is 40.0. The van der Waals surface area contributed by atoms with Gasteiger partial charge in [0.15, 0.2) is 0 Å². The van der Waals surface area contributed by atoms with Gasteiger partial charge in [0, 0.05) is 0 Å². The van der Waals surface area contributed by atoms with Crippen molar-refractivity contribution in [3.8, 4) is 0 Å². The number of hydrogen-bond donors (Lipinski definition) is 2. The Labute approximate surface area is 60.3 Å². The van der Waals surface area contributed by atoms with Crippen LogP contribution in [0.15, 0.2) is 0 Å². The standard InChI is InChI=1S/2CHO2.Cd/c2*2-1-3;/h2*(H,2,3);/q2*-1;+2. The Kier molecular flexibility index (Phi) is 90.3. The smallest absolute Gasteiger partial charge is 0.665 e. The summed E-state index contributed by atoms with van der Waals surface area (Å²) in [6, 6.07) is 0. The average Bonchev–Trinajstić information content (AvgIpc) is 1.39. The van der Waals surface area contributed by atoms with Crippen molar-refractivity contribution in [1.29, 1.82) is 0 Å². The third-order valence-corrected chi connectivity index (χ3v) is 0. The van der Waals surface area contributed by atoms with Crippen LogP contribution in [0.1, 0.15) is 0 Å². The van der Waals surface area contributed by atoms with Crippen LogP contribution in [0.25, 0.3) is 0 Å². The maximum Gasteiger partial charge on any atom is 2.00 e. The Hall–Kier alpha value is -0.138. The van der Waals surface area contributed by atoms with Gasteiger partial charge in [-0.2, -0.15) is 0 Å². The summed E-state index contributed by atoms with van der Waals surface area (Å²) < 4.78 is 0. The molecule has 7 heavy (non-hydrogen) atoms. The van der Waals surface area contributed by atoms with Gasteiger partial charge in [-0.1, -0.05) is 12.9 Å². The molecule has 0 aliphatic rings. The van der Waals surface area contributed by atoms with Crippen molar-refractivity contribution in [2.24, 2.45) is 0 Å². The molecule has 0 atom stereocenters. The third kappa shape index (κ3) is 4600. The molecule has 0 spiro atoms. The summed E-state index contributed by atoms with van der Waals surface area (Å²) in [4.78, 5) is 16.5. The van der Waals surface area contributed by atoms with Crippen LogP contribution in [0.3, 0.4) is 0 Å². The minimum absolute atomic E-state index is 0. The zero-order chi connectivity index (χ0) is 5.41. The molecule has 0 saturated heterocycles. The average molecular weight is 202 g/mol. The van der Waals surface area contributed by atoms with Gasteiger partial charge in [-0.15, -0.1) is 0 Å². The van der Waals surface area contributed by atoms with E-state index in [9.17, 15) is 0 Å². The van der Waals surface area contributed by atoms with Crippen LogP contribution in [0.5, 0.6) is 0 Å². The van der Waals surface area contributed by atoms with Gasteiger partial charge >= 0.3 is 27.3 Å². The molecule has 0 bridgehead atoms. The fourth-order valence-electron chi connectivity index (χ4n) is 0.